The molecule has 0 radical (unpaired) electrons. The SMILES string of the molecule is O=C1/C(=C\C2=CC3=C(C=C(N4c5ccccc5[Te]c5cccnc54)C3)C2)C(=O)c2sccc21. The van der Waals surface area contributed by atoms with Crippen molar-refractivity contribution in [3.63, 3.8) is 0 Å². The quantitative estimate of drug-likeness (QED) is 0.269. The number of aromatic nitrogens is 1. The molecule has 4 nitrogen and oxygen atoms in total. The molecule has 0 atom stereocenters. The number of anilines is 2. The summed E-state index contributed by atoms with van der Waals surface area (Å²) in [5, 5.41) is 1.81. The molecule has 7 rings (SSSR count). The van der Waals surface area contributed by atoms with Gasteiger partial charge in [0.2, 0.25) is 0 Å². The Labute approximate surface area is 204 Å². The second kappa shape index (κ2) is 7.23. The number of nitrogens with zero attached hydrogens (tertiary/aromatic N) is 2. The maximum absolute atomic E-state index is 12.7. The van der Waals surface area contributed by atoms with Gasteiger partial charge in [-0.2, -0.15) is 0 Å². The third kappa shape index (κ3) is 2.92. The van der Waals surface area contributed by atoms with Crippen LogP contribution in [0.4, 0.5) is 11.5 Å². The van der Waals surface area contributed by atoms with Gasteiger partial charge in [0.05, 0.1) is 0 Å². The average molecular weight is 560 g/mol. The van der Waals surface area contributed by atoms with Gasteiger partial charge in [-0.25, -0.2) is 0 Å². The molecule has 0 N–H and O–H groups in total. The van der Waals surface area contributed by atoms with Gasteiger partial charge in [-0.1, -0.05) is 0 Å². The Kier molecular flexibility index (Phi) is 4.26. The number of para-hydroxylation sites is 1. The normalized spacial score (nSPS) is 19.5. The molecule has 0 unspecified atom stereocenters. The van der Waals surface area contributed by atoms with E-state index in [0.29, 0.717) is 16.0 Å². The summed E-state index contributed by atoms with van der Waals surface area (Å²) in [7, 11) is 0. The van der Waals surface area contributed by atoms with Crippen molar-refractivity contribution >= 4 is 62.6 Å². The number of thiophene rings is 1. The molecule has 158 valence electrons. The topological polar surface area (TPSA) is 50.3 Å². The van der Waals surface area contributed by atoms with Crippen LogP contribution in [-0.4, -0.2) is 37.5 Å². The van der Waals surface area contributed by atoms with Gasteiger partial charge in [0.25, 0.3) is 0 Å². The summed E-state index contributed by atoms with van der Waals surface area (Å²) in [4.78, 5) is 33.0. The van der Waals surface area contributed by atoms with Gasteiger partial charge in [-0.05, 0) is 11.4 Å². The van der Waals surface area contributed by atoms with Gasteiger partial charge in [0.15, 0.2) is 0 Å². The molecule has 33 heavy (non-hydrogen) atoms. The van der Waals surface area contributed by atoms with Crippen molar-refractivity contribution in [1.29, 1.82) is 0 Å². The Morgan fingerprint density at radius 1 is 0.939 bits per heavy atom. The molecule has 0 fully saturated rings. The molecule has 1 aromatic carbocycles. The predicted molar refractivity (Wildman–Crippen MR) is 131 cm³/mol. The molecule has 0 amide bonds. The van der Waals surface area contributed by atoms with E-state index in [2.05, 4.69) is 47.4 Å². The maximum atomic E-state index is 12.7. The van der Waals surface area contributed by atoms with Crippen LogP contribution in [0.25, 0.3) is 0 Å². The minimum atomic E-state index is -0.455. The van der Waals surface area contributed by atoms with E-state index >= 15 is 0 Å². The van der Waals surface area contributed by atoms with Crippen LogP contribution in [0.15, 0.2) is 100 Å². The van der Waals surface area contributed by atoms with Gasteiger partial charge in [-0.3, -0.25) is 0 Å². The second-order valence-corrected chi connectivity index (χ2v) is 12.4. The minimum Gasteiger partial charge on any atom is -0.140 e. The van der Waals surface area contributed by atoms with E-state index in [1.165, 1.54) is 41.1 Å². The summed E-state index contributed by atoms with van der Waals surface area (Å²) >= 11 is 0.893. The van der Waals surface area contributed by atoms with Crippen LogP contribution in [0, 0.1) is 0 Å². The summed E-state index contributed by atoms with van der Waals surface area (Å²) in [6.45, 7) is 0. The van der Waals surface area contributed by atoms with Crippen LogP contribution >= 0.6 is 11.3 Å². The number of carbonyl (C=O) groups is 2. The smallest absolute Gasteiger partial charge is 0.140 e. The molecule has 6 heteroatoms. The Balaban J connectivity index is 1.19. The zero-order valence-electron chi connectivity index (χ0n) is 17.4. The molecule has 0 saturated heterocycles. The van der Waals surface area contributed by atoms with Gasteiger partial charge in [0, 0.05) is 0 Å². The molecule has 2 aromatic heterocycles. The van der Waals surface area contributed by atoms with Crippen molar-refractivity contribution in [3.05, 3.63) is 111 Å². The first kappa shape index (κ1) is 19.4. The number of Topliss-reactive ketones (excluding diaryl/α,β-unsaturated/α-hetero) is 2. The zero-order valence-corrected chi connectivity index (χ0v) is 20.5. The first-order chi connectivity index (χ1) is 16.2. The summed E-state index contributed by atoms with van der Waals surface area (Å²) < 4.78 is 2.80. The Morgan fingerprint density at radius 3 is 2.67 bits per heavy atom. The monoisotopic (exact) mass is 562 g/mol. The first-order valence-electron chi connectivity index (χ1n) is 10.7. The van der Waals surface area contributed by atoms with E-state index in [4.69, 9.17) is 4.98 Å². The van der Waals surface area contributed by atoms with Crippen molar-refractivity contribution in [2.24, 2.45) is 0 Å². The average Bonchev–Trinajstić information content (AvgIpc) is 3.58. The Hall–Kier alpha value is -3.04. The standard InChI is InChI=1S/C27H16N2O2STe/c30-24-19-7-9-32-26(19)25(31)20(24)12-15-10-16-13-18(14-17(16)11-15)29-21-4-1-2-5-22(21)33-23-6-3-8-28-27(23)29/h1-10,12,14H,11,13H2/b20-12+. The van der Waals surface area contributed by atoms with Crippen LogP contribution in [-0.2, 0) is 0 Å². The molecule has 0 saturated carbocycles. The summed E-state index contributed by atoms with van der Waals surface area (Å²) in [6, 6.07) is 14.7. The number of pyridine rings is 1. The summed E-state index contributed by atoms with van der Waals surface area (Å²) in [5.41, 5.74) is 6.91. The molecular formula is C27H16N2O2STe. The van der Waals surface area contributed by atoms with E-state index in [-0.39, 0.29) is 11.6 Å². The van der Waals surface area contributed by atoms with Gasteiger partial charge >= 0.3 is 183 Å². The number of ketones is 2. The fourth-order valence-corrected chi connectivity index (χ4v) is 8.71. The predicted octanol–water partition coefficient (Wildman–Crippen LogP) is 4.17. The third-order valence-electron chi connectivity index (χ3n) is 6.39. The van der Waals surface area contributed by atoms with Gasteiger partial charge < -0.3 is 0 Å². The minimum absolute atomic E-state index is 0.134. The fourth-order valence-electron chi connectivity index (χ4n) is 4.93. The number of hydrogen-bond donors (Lipinski definition) is 0. The molecule has 4 aliphatic rings. The van der Waals surface area contributed by atoms with Gasteiger partial charge in [0.1, 0.15) is 0 Å². The van der Waals surface area contributed by atoms with Crippen molar-refractivity contribution in [2.45, 2.75) is 12.8 Å². The van der Waals surface area contributed by atoms with Crippen LogP contribution in [0.1, 0.15) is 32.9 Å². The van der Waals surface area contributed by atoms with E-state index in [0.717, 1.165) is 24.2 Å². The van der Waals surface area contributed by atoms with Crippen LogP contribution < -0.4 is 12.1 Å². The van der Waals surface area contributed by atoms with E-state index in [9.17, 15) is 9.59 Å². The van der Waals surface area contributed by atoms with Crippen molar-refractivity contribution in [2.75, 3.05) is 4.90 Å². The van der Waals surface area contributed by atoms with Crippen molar-refractivity contribution < 1.29 is 9.59 Å². The number of carbonyl (C=O) groups excluding carboxylic acids is 2. The number of hydrogen-bond acceptors (Lipinski definition) is 5. The van der Waals surface area contributed by atoms with Crippen molar-refractivity contribution in [3.8, 4) is 0 Å². The summed E-state index contributed by atoms with van der Waals surface area (Å²) in [5.74, 6) is 0.785. The molecule has 1 aliphatic heterocycles. The van der Waals surface area contributed by atoms with Gasteiger partial charge in [-0.15, -0.1) is 11.3 Å². The molecule has 0 spiro atoms. The Bertz CT molecular complexity index is 1460. The third-order valence-corrected chi connectivity index (χ3v) is 10.5. The van der Waals surface area contributed by atoms with Crippen LogP contribution in [0.3, 0.4) is 0 Å². The fraction of sp³-hybridized carbons (Fsp3) is 0.0741. The van der Waals surface area contributed by atoms with E-state index in [1.807, 2.05) is 23.7 Å². The number of benzene rings is 1. The Morgan fingerprint density at radius 2 is 1.79 bits per heavy atom. The summed E-state index contributed by atoms with van der Waals surface area (Å²) in [6.07, 6.45) is 9.68. The van der Waals surface area contributed by atoms with E-state index < -0.39 is 20.9 Å². The van der Waals surface area contributed by atoms with Crippen molar-refractivity contribution in [1.82, 2.24) is 4.98 Å². The number of rotatable bonds is 2. The molecule has 3 aromatic rings. The molecular weight excluding hydrogens is 544 g/mol. The first-order valence-corrected chi connectivity index (χ1v) is 13.9. The van der Waals surface area contributed by atoms with Crippen LogP contribution in [0.5, 0.6) is 0 Å². The van der Waals surface area contributed by atoms with E-state index in [1.54, 1.807) is 6.07 Å². The number of allylic oxidation sites excluding steroid dienone is 7. The van der Waals surface area contributed by atoms with Crippen LogP contribution in [0.2, 0.25) is 0 Å². The molecule has 3 aliphatic carbocycles. The molecule has 0 bridgehead atoms. The zero-order chi connectivity index (χ0) is 22.1. The molecule has 3 heterocycles. The number of fused-ring (bicyclic) bond motifs is 3. The second-order valence-electron chi connectivity index (χ2n) is 8.37.